The number of carbonyl (C=O) groups excluding carboxylic acids is 1. The van der Waals surface area contributed by atoms with Gasteiger partial charge in [0, 0.05) is 22.0 Å². The lowest BCUT2D eigenvalue weighted by Crippen LogP contribution is -2.34. The van der Waals surface area contributed by atoms with Crippen LogP contribution in [-0.2, 0) is 4.79 Å². The number of anilines is 2. The van der Waals surface area contributed by atoms with Gasteiger partial charge in [-0.2, -0.15) is 0 Å². The van der Waals surface area contributed by atoms with Crippen molar-refractivity contribution in [2.45, 2.75) is 26.4 Å². The molecule has 0 spiro atoms. The van der Waals surface area contributed by atoms with Gasteiger partial charge in [-0.25, -0.2) is 0 Å². The second-order valence-corrected chi connectivity index (χ2v) is 7.82. The largest absolute Gasteiger partial charge is 0.361 e. The molecule has 2 aromatic rings. The number of hydrogen-bond donors (Lipinski definition) is 2. The van der Waals surface area contributed by atoms with E-state index in [4.69, 9.17) is 16.6 Å². The third-order valence-electron chi connectivity index (χ3n) is 3.77. The monoisotopic (exact) mass is 373 g/mol. The topological polar surface area (TPSA) is 53.5 Å². The predicted octanol–water partition coefficient (Wildman–Crippen LogP) is 4.93. The summed E-state index contributed by atoms with van der Waals surface area (Å²) < 4.78 is 0. The van der Waals surface area contributed by atoms with Gasteiger partial charge < -0.3 is 10.6 Å². The summed E-state index contributed by atoms with van der Waals surface area (Å²) in [7, 11) is 0. The summed E-state index contributed by atoms with van der Waals surface area (Å²) in [6.45, 7) is 5.95. The first-order valence-electron chi connectivity index (χ1n) is 8.00. The highest BCUT2D eigenvalue weighted by molar-refractivity contribution is 8.15. The Balaban J connectivity index is 1.68. The number of aliphatic imine (C=N–C) groups is 1. The summed E-state index contributed by atoms with van der Waals surface area (Å²) in [5.74, 6) is 0.204. The average Bonchev–Trinajstić information content (AvgIpc) is 2.55. The fraction of sp³-hybridized carbons (Fsp3) is 0.263. The molecule has 0 radical (unpaired) electrons. The Kier molecular flexibility index (Phi) is 5.06. The van der Waals surface area contributed by atoms with Crippen LogP contribution >= 0.6 is 23.4 Å². The van der Waals surface area contributed by atoms with Crippen LogP contribution < -0.4 is 10.6 Å². The molecular weight excluding hydrogens is 354 g/mol. The van der Waals surface area contributed by atoms with Crippen molar-refractivity contribution in [2.75, 3.05) is 16.4 Å². The molecule has 3 rings (SSSR count). The Labute approximate surface area is 157 Å². The minimum absolute atomic E-state index is 0.0820. The normalized spacial score (nSPS) is 15.0. The minimum atomic E-state index is -0.391. The molecule has 0 atom stereocenters. The van der Waals surface area contributed by atoms with Gasteiger partial charge in [0.15, 0.2) is 0 Å². The van der Waals surface area contributed by atoms with Gasteiger partial charge in [-0.3, -0.25) is 9.79 Å². The van der Waals surface area contributed by atoms with Gasteiger partial charge in [-0.15, -0.1) is 0 Å². The van der Waals surface area contributed by atoms with Gasteiger partial charge in [0.2, 0.25) is 5.91 Å². The predicted molar refractivity (Wildman–Crippen MR) is 108 cm³/mol. The van der Waals surface area contributed by atoms with Crippen LogP contribution in [0.1, 0.15) is 25.0 Å². The maximum atomic E-state index is 12.3. The van der Waals surface area contributed by atoms with Crippen LogP contribution in [0, 0.1) is 6.92 Å². The van der Waals surface area contributed by atoms with Crippen LogP contribution in [0.4, 0.5) is 11.4 Å². The summed E-state index contributed by atoms with van der Waals surface area (Å²) in [5.41, 5.74) is 3.36. The number of thioether (sulfide) groups is 1. The van der Waals surface area contributed by atoms with Crippen molar-refractivity contribution in [1.82, 2.24) is 0 Å². The zero-order valence-corrected chi connectivity index (χ0v) is 16.0. The minimum Gasteiger partial charge on any atom is -0.361 e. The number of nitrogens with zero attached hydrogens (tertiary/aromatic N) is 1. The quantitative estimate of drug-likeness (QED) is 0.802. The van der Waals surface area contributed by atoms with E-state index in [0.29, 0.717) is 10.7 Å². The van der Waals surface area contributed by atoms with Gasteiger partial charge in [0.05, 0.1) is 5.75 Å². The van der Waals surface area contributed by atoms with E-state index in [1.54, 1.807) is 6.07 Å². The number of rotatable bonds is 3. The molecule has 1 aliphatic rings. The van der Waals surface area contributed by atoms with Crippen LogP contribution in [-0.4, -0.2) is 22.4 Å². The number of fused-ring (bicyclic) bond motifs is 1. The number of benzene rings is 2. The molecule has 1 aliphatic heterocycles. The van der Waals surface area contributed by atoms with Crippen LogP contribution in [0.5, 0.6) is 0 Å². The number of amides is 1. The zero-order valence-electron chi connectivity index (χ0n) is 14.4. The molecular formula is C19H20ClN3OS. The molecule has 0 saturated carbocycles. The average molecular weight is 374 g/mol. The molecule has 6 heteroatoms. The molecule has 1 heterocycles. The number of aryl methyl sites for hydroxylation is 1. The number of hydrogen-bond acceptors (Lipinski definition) is 4. The van der Waals surface area contributed by atoms with E-state index >= 15 is 0 Å². The summed E-state index contributed by atoms with van der Waals surface area (Å²) in [5, 5.41) is 7.78. The highest BCUT2D eigenvalue weighted by Gasteiger charge is 2.26. The third-order valence-corrected chi connectivity index (χ3v) is 5.17. The first-order valence-corrected chi connectivity index (χ1v) is 9.37. The van der Waals surface area contributed by atoms with Crippen LogP contribution in [0.3, 0.4) is 0 Å². The lowest BCUT2D eigenvalue weighted by Gasteiger charge is -2.30. The summed E-state index contributed by atoms with van der Waals surface area (Å²) in [6.07, 6.45) is 0. The molecule has 0 bridgehead atoms. The van der Waals surface area contributed by atoms with E-state index in [1.165, 1.54) is 11.8 Å². The fourth-order valence-electron chi connectivity index (χ4n) is 2.56. The van der Waals surface area contributed by atoms with Crippen molar-refractivity contribution in [2.24, 2.45) is 4.99 Å². The molecule has 2 aromatic carbocycles. The van der Waals surface area contributed by atoms with E-state index in [2.05, 4.69) is 10.6 Å². The van der Waals surface area contributed by atoms with Gasteiger partial charge >= 0.3 is 0 Å². The Morgan fingerprint density at radius 3 is 2.80 bits per heavy atom. The summed E-state index contributed by atoms with van der Waals surface area (Å²) >= 11 is 7.54. The van der Waals surface area contributed by atoms with E-state index in [0.717, 1.165) is 21.9 Å². The SMILES string of the molecule is Cc1ccc(NC(=O)CSC2=NC(C)(C)Nc3ccccc32)cc1Cl. The van der Waals surface area contributed by atoms with Crippen molar-refractivity contribution >= 4 is 45.7 Å². The third kappa shape index (κ3) is 4.35. The smallest absolute Gasteiger partial charge is 0.234 e. The maximum absolute atomic E-state index is 12.3. The molecule has 0 unspecified atom stereocenters. The van der Waals surface area contributed by atoms with Crippen LogP contribution in [0.2, 0.25) is 5.02 Å². The molecule has 130 valence electrons. The fourth-order valence-corrected chi connectivity index (χ4v) is 3.71. The molecule has 0 saturated heterocycles. The van der Waals surface area contributed by atoms with E-state index in [9.17, 15) is 4.79 Å². The lowest BCUT2D eigenvalue weighted by atomic mass is 10.1. The Hall–Kier alpha value is -1.98. The standard InChI is InChI=1S/C19H20ClN3OS/c1-12-8-9-13(10-15(12)20)21-17(24)11-25-18-14-6-4-5-7-16(14)22-19(2,3)23-18/h4-10,22H,11H2,1-3H3,(H,21,24). The van der Waals surface area contributed by atoms with Crippen molar-refractivity contribution in [3.63, 3.8) is 0 Å². The second kappa shape index (κ2) is 7.10. The molecule has 25 heavy (non-hydrogen) atoms. The highest BCUT2D eigenvalue weighted by Crippen LogP contribution is 2.31. The first-order chi connectivity index (χ1) is 11.8. The number of carbonyl (C=O) groups is 1. The lowest BCUT2D eigenvalue weighted by molar-refractivity contribution is -0.113. The van der Waals surface area contributed by atoms with Crippen molar-refractivity contribution in [3.8, 4) is 0 Å². The maximum Gasteiger partial charge on any atom is 0.234 e. The number of para-hydroxylation sites is 1. The summed E-state index contributed by atoms with van der Waals surface area (Å²) in [6, 6.07) is 13.5. The molecule has 0 aromatic heterocycles. The Morgan fingerprint density at radius 2 is 2.04 bits per heavy atom. The van der Waals surface area contributed by atoms with Crippen molar-refractivity contribution in [3.05, 3.63) is 58.6 Å². The first kappa shape index (κ1) is 17.8. The van der Waals surface area contributed by atoms with E-state index in [-0.39, 0.29) is 11.7 Å². The van der Waals surface area contributed by atoms with Gasteiger partial charge in [-0.05, 0) is 44.5 Å². The molecule has 0 fully saturated rings. The summed E-state index contributed by atoms with van der Waals surface area (Å²) in [4.78, 5) is 17.0. The molecule has 2 N–H and O–H groups in total. The highest BCUT2D eigenvalue weighted by atomic mass is 35.5. The van der Waals surface area contributed by atoms with Crippen molar-refractivity contribution < 1.29 is 4.79 Å². The van der Waals surface area contributed by atoms with Crippen LogP contribution in [0.15, 0.2) is 47.5 Å². The van der Waals surface area contributed by atoms with Crippen LogP contribution in [0.25, 0.3) is 0 Å². The van der Waals surface area contributed by atoms with Crippen molar-refractivity contribution in [1.29, 1.82) is 0 Å². The second-order valence-electron chi connectivity index (χ2n) is 6.45. The number of halogens is 1. The zero-order chi connectivity index (χ0) is 18.0. The van der Waals surface area contributed by atoms with Gasteiger partial charge in [0.25, 0.3) is 0 Å². The number of nitrogens with one attached hydrogen (secondary N) is 2. The van der Waals surface area contributed by atoms with E-state index in [1.807, 2.05) is 57.2 Å². The Morgan fingerprint density at radius 1 is 1.28 bits per heavy atom. The molecule has 4 nitrogen and oxygen atoms in total. The van der Waals surface area contributed by atoms with E-state index < -0.39 is 5.66 Å². The molecule has 0 aliphatic carbocycles. The molecule has 1 amide bonds. The van der Waals surface area contributed by atoms with Gasteiger partial charge in [0.1, 0.15) is 10.7 Å². The Bertz CT molecular complexity index is 848. The van der Waals surface area contributed by atoms with Gasteiger partial charge in [-0.1, -0.05) is 47.6 Å².